The van der Waals surface area contributed by atoms with Crippen LogP contribution in [0.1, 0.15) is 64.7 Å². The van der Waals surface area contributed by atoms with Gasteiger partial charge in [-0.3, -0.25) is 5.41 Å². The van der Waals surface area contributed by atoms with Crippen molar-refractivity contribution in [2.75, 3.05) is 13.1 Å². The lowest BCUT2D eigenvalue weighted by molar-refractivity contribution is 0.0813. The van der Waals surface area contributed by atoms with Crippen molar-refractivity contribution in [3.05, 3.63) is 65.2 Å². The summed E-state index contributed by atoms with van der Waals surface area (Å²) in [4.78, 5) is 0. The van der Waals surface area contributed by atoms with Gasteiger partial charge >= 0.3 is 0 Å². The summed E-state index contributed by atoms with van der Waals surface area (Å²) in [5.74, 6) is 0.976. The second-order valence-corrected chi connectivity index (χ2v) is 6.62. The SMILES string of the molecule is C.CC.CC.N=C(N)c1ccc(C2=CC3(CCNCC3)Oc3cccc(O)c32)cc1. The number of piperidine rings is 1. The monoisotopic (exact) mass is 411 g/mol. The maximum atomic E-state index is 10.4. The van der Waals surface area contributed by atoms with Crippen LogP contribution in [-0.4, -0.2) is 29.6 Å². The number of benzene rings is 2. The Morgan fingerprint density at radius 3 is 2.20 bits per heavy atom. The van der Waals surface area contributed by atoms with Crippen LogP contribution < -0.4 is 15.8 Å². The molecule has 2 heterocycles. The number of phenolic OH excluding ortho intramolecular Hbond substituents is 1. The van der Waals surface area contributed by atoms with Crippen molar-refractivity contribution in [3.63, 3.8) is 0 Å². The third-order valence-electron chi connectivity index (χ3n) is 4.95. The summed E-state index contributed by atoms with van der Waals surface area (Å²) < 4.78 is 6.32. The molecule has 0 unspecified atom stereocenters. The highest BCUT2D eigenvalue weighted by Gasteiger charge is 2.37. The average Bonchev–Trinajstić information content (AvgIpc) is 2.77. The molecule has 0 aliphatic carbocycles. The molecule has 164 valence electrons. The van der Waals surface area contributed by atoms with Gasteiger partial charge in [-0.2, -0.15) is 0 Å². The molecule has 0 saturated carbocycles. The predicted molar refractivity (Wildman–Crippen MR) is 128 cm³/mol. The third kappa shape index (κ3) is 5.22. The summed E-state index contributed by atoms with van der Waals surface area (Å²) in [6.45, 7) is 9.81. The lowest BCUT2D eigenvalue weighted by atomic mass is 9.83. The van der Waals surface area contributed by atoms with Crippen molar-refractivity contribution in [2.45, 2.75) is 53.6 Å². The van der Waals surface area contributed by atoms with E-state index in [9.17, 15) is 5.11 Å². The molecule has 0 radical (unpaired) electrons. The maximum Gasteiger partial charge on any atom is 0.132 e. The molecule has 2 aliphatic rings. The number of ether oxygens (including phenoxy) is 1. The molecule has 1 saturated heterocycles. The number of amidine groups is 1. The van der Waals surface area contributed by atoms with Gasteiger partial charge in [0.2, 0.25) is 0 Å². The molecule has 4 rings (SSSR count). The fourth-order valence-corrected chi connectivity index (χ4v) is 3.61. The van der Waals surface area contributed by atoms with E-state index in [4.69, 9.17) is 15.9 Å². The van der Waals surface area contributed by atoms with Crippen molar-refractivity contribution in [2.24, 2.45) is 5.73 Å². The molecule has 2 aromatic carbocycles. The third-order valence-corrected chi connectivity index (χ3v) is 4.95. The first kappa shape index (κ1) is 25.2. The second-order valence-electron chi connectivity index (χ2n) is 6.62. The highest BCUT2D eigenvalue weighted by molar-refractivity contribution is 5.96. The van der Waals surface area contributed by atoms with Crippen LogP contribution in [0.25, 0.3) is 5.57 Å². The first-order valence-electron chi connectivity index (χ1n) is 10.5. The van der Waals surface area contributed by atoms with Crippen molar-refractivity contribution in [3.8, 4) is 11.5 Å². The largest absolute Gasteiger partial charge is 0.507 e. The molecule has 5 nitrogen and oxygen atoms in total. The van der Waals surface area contributed by atoms with E-state index in [0.717, 1.165) is 48.4 Å². The van der Waals surface area contributed by atoms with E-state index in [1.165, 1.54) is 0 Å². The van der Waals surface area contributed by atoms with E-state index in [1.54, 1.807) is 6.07 Å². The lowest BCUT2D eigenvalue weighted by Gasteiger charge is -2.40. The van der Waals surface area contributed by atoms with Gasteiger partial charge in [0, 0.05) is 18.4 Å². The van der Waals surface area contributed by atoms with Crippen LogP contribution in [0.2, 0.25) is 0 Å². The van der Waals surface area contributed by atoms with E-state index in [0.29, 0.717) is 5.56 Å². The van der Waals surface area contributed by atoms with E-state index in [1.807, 2.05) is 64.1 Å². The number of nitrogens with one attached hydrogen (secondary N) is 2. The number of fused-ring (bicyclic) bond motifs is 1. The summed E-state index contributed by atoms with van der Waals surface area (Å²) in [6, 6.07) is 13.0. The zero-order valence-corrected chi connectivity index (χ0v) is 17.9. The normalized spacial score (nSPS) is 15.5. The minimum atomic E-state index is -0.347. The van der Waals surface area contributed by atoms with Gasteiger partial charge in [0.15, 0.2) is 0 Å². The molecular weight excluding hydrogens is 374 g/mol. The summed E-state index contributed by atoms with van der Waals surface area (Å²) in [5.41, 5.74) is 8.57. The van der Waals surface area contributed by atoms with Gasteiger partial charge in [-0.15, -0.1) is 0 Å². The Kier molecular flexibility index (Phi) is 9.60. The Balaban J connectivity index is 0.000000851. The number of aromatic hydroxyl groups is 1. The van der Waals surface area contributed by atoms with E-state index in [2.05, 4.69) is 11.4 Å². The molecule has 5 N–H and O–H groups in total. The van der Waals surface area contributed by atoms with Crippen LogP contribution in [-0.2, 0) is 0 Å². The number of nitrogens with two attached hydrogens (primary N) is 1. The van der Waals surface area contributed by atoms with E-state index in [-0.39, 0.29) is 24.6 Å². The van der Waals surface area contributed by atoms with Crippen LogP contribution >= 0.6 is 0 Å². The first-order valence-corrected chi connectivity index (χ1v) is 10.5. The van der Waals surface area contributed by atoms with Crippen LogP contribution in [0.4, 0.5) is 0 Å². The average molecular weight is 412 g/mol. The number of hydrogen-bond donors (Lipinski definition) is 4. The van der Waals surface area contributed by atoms with Gasteiger partial charge in [0.1, 0.15) is 22.9 Å². The Morgan fingerprint density at radius 1 is 1.03 bits per heavy atom. The Morgan fingerprint density at radius 2 is 1.63 bits per heavy atom. The molecule has 0 atom stereocenters. The highest BCUT2D eigenvalue weighted by Crippen LogP contribution is 2.46. The van der Waals surface area contributed by atoms with Crippen LogP contribution in [0, 0.1) is 5.41 Å². The first-order chi connectivity index (χ1) is 14.1. The molecule has 0 amide bonds. The Labute approximate surface area is 181 Å². The van der Waals surface area contributed by atoms with Gasteiger partial charge < -0.3 is 20.9 Å². The molecule has 30 heavy (non-hydrogen) atoms. The number of hydrogen-bond acceptors (Lipinski definition) is 4. The van der Waals surface area contributed by atoms with Gasteiger partial charge in [-0.1, -0.05) is 65.5 Å². The summed E-state index contributed by atoms with van der Waals surface area (Å²) in [6.07, 6.45) is 3.92. The standard InChI is InChI=1S/C20H21N3O2.2C2H6.CH4/c21-19(22)14-6-4-13(5-7-14)15-12-20(8-10-23-11-9-20)25-17-3-1-2-16(24)18(15)17;2*1-2;/h1-7,12,23-24H,8-11H2,(H3,21,22);2*1-2H3;1H4. The molecule has 5 heteroatoms. The summed E-state index contributed by atoms with van der Waals surface area (Å²) in [7, 11) is 0. The topological polar surface area (TPSA) is 91.4 Å². The van der Waals surface area contributed by atoms with Gasteiger partial charge in [-0.25, -0.2) is 0 Å². The molecule has 1 fully saturated rings. The summed E-state index contributed by atoms with van der Waals surface area (Å²) >= 11 is 0. The smallest absolute Gasteiger partial charge is 0.132 e. The summed E-state index contributed by atoms with van der Waals surface area (Å²) in [5, 5.41) is 21.4. The zero-order chi connectivity index (χ0) is 21.4. The maximum absolute atomic E-state index is 10.4. The Hall–Kier alpha value is -2.79. The molecular formula is C25H37N3O2. The lowest BCUT2D eigenvalue weighted by Crippen LogP contribution is -2.46. The fraction of sp³-hybridized carbons (Fsp3) is 0.400. The van der Waals surface area contributed by atoms with Crippen molar-refractivity contribution >= 4 is 11.4 Å². The minimum Gasteiger partial charge on any atom is -0.507 e. The van der Waals surface area contributed by atoms with Crippen LogP contribution in [0.5, 0.6) is 11.5 Å². The predicted octanol–water partition coefficient (Wildman–Crippen LogP) is 5.31. The van der Waals surface area contributed by atoms with E-state index >= 15 is 0 Å². The molecule has 0 bridgehead atoms. The van der Waals surface area contributed by atoms with E-state index < -0.39 is 0 Å². The molecule has 0 aromatic heterocycles. The van der Waals surface area contributed by atoms with Crippen LogP contribution in [0.15, 0.2) is 48.5 Å². The van der Waals surface area contributed by atoms with Gasteiger partial charge in [0.25, 0.3) is 0 Å². The molecule has 2 aliphatic heterocycles. The van der Waals surface area contributed by atoms with Crippen LogP contribution in [0.3, 0.4) is 0 Å². The zero-order valence-electron chi connectivity index (χ0n) is 17.9. The van der Waals surface area contributed by atoms with Gasteiger partial charge in [-0.05, 0) is 42.4 Å². The van der Waals surface area contributed by atoms with Crippen molar-refractivity contribution in [1.82, 2.24) is 5.32 Å². The quantitative estimate of drug-likeness (QED) is 0.398. The number of rotatable bonds is 2. The van der Waals surface area contributed by atoms with Gasteiger partial charge in [0.05, 0.1) is 5.56 Å². The number of nitrogen functional groups attached to an aromatic ring is 1. The second kappa shape index (κ2) is 11.4. The fourth-order valence-electron chi connectivity index (χ4n) is 3.61. The molecule has 1 spiro atoms. The number of phenols is 1. The molecule has 2 aromatic rings. The van der Waals surface area contributed by atoms with Crippen molar-refractivity contribution in [1.29, 1.82) is 5.41 Å². The Bertz CT molecular complexity index is 851. The highest BCUT2D eigenvalue weighted by atomic mass is 16.5. The van der Waals surface area contributed by atoms with Crippen molar-refractivity contribution < 1.29 is 9.84 Å². The minimum absolute atomic E-state index is 0.